The highest BCUT2D eigenvalue weighted by Gasteiger charge is 2.26. The predicted octanol–water partition coefficient (Wildman–Crippen LogP) is 1.05. The molecule has 1 fully saturated rings. The lowest BCUT2D eigenvalue weighted by atomic mass is 10.1. The smallest absolute Gasteiger partial charge is 0.280 e. The van der Waals surface area contributed by atoms with E-state index in [0.29, 0.717) is 31.9 Å². The molecule has 0 bridgehead atoms. The Morgan fingerprint density at radius 1 is 1.32 bits per heavy atom. The van der Waals surface area contributed by atoms with Gasteiger partial charge in [0.15, 0.2) is 0 Å². The Morgan fingerprint density at radius 3 is 2.58 bits per heavy atom. The van der Waals surface area contributed by atoms with Crippen molar-refractivity contribution < 1.29 is 17.5 Å². The molecule has 1 aliphatic rings. The van der Waals surface area contributed by atoms with Gasteiger partial charge < -0.3 is 4.74 Å². The maximum atomic E-state index is 13.6. The fourth-order valence-corrected chi connectivity index (χ4v) is 3.33. The summed E-state index contributed by atoms with van der Waals surface area (Å²) in [6.07, 6.45) is 0. The topological polar surface area (TPSA) is 58.6 Å². The molecule has 1 aliphatic heterocycles. The molecule has 106 valence electrons. The Kier molecular flexibility index (Phi) is 4.51. The molecule has 0 aromatic heterocycles. The Hall–Kier alpha value is -1.02. The van der Waals surface area contributed by atoms with E-state index < -0.39 is 22.1 Å². The van der Waals surface area contributed by atoms with Gasteiger partial charge in [0.25, 0.3) is 10.2 Å². The summed E-state index contributed by atoms with van der Waals surface area (Å²) in [5, 5.41) is 0. The van der Waals surface area contributed by atoms with E-state index in [9.17, 15) is 12.8 Å². The average molecular weight is 288 g/mol. The van der Waals surface area contributed by atoms with E-state index in [-0.39, 0.29) is 0 Å². The van der Waals surface area contributed by atoms with Crippen LogP contribution in [0.15, 0.2) is 24.3 Å². The number of nitrogens with one attached hydrogen (secondary N) is 1. The fourth-order valence-electron chi connectivity index (χ4n) is 1.97. The molecule has 1 atom stereocenters. The van der Waals surface area contributed by atoms with Crippen LogP contribution in [0.2, 0.25) is 0 Å². The van der Waals surface area contributed by atoms with Gasteiger partial charge >= 0.3 is 0 Å². The number of rotatable bonds is 4. The van der Waals surface area contributed by atoms with Gasteiger partial charge in [-0.3, -0.25) is 0 Å². The molecule has 7 heteroatoms. The molecule has 1 aromatic rings. The molecular weight excluding hydrogens is 271 g/mol. The Morgan fingerprint density at radius 2 is 1.95 bits per heavy atom. The molecule has 1 aromatic carbocycles. The summed E-state index contributed by atoms with van der Waals surface area (Å²) in [5.74, 6) is -0.417. The molecule has 0 radical (unpaired) electrons. The summed E-state index contributed by atoms with van der Waals surface area (Å²) in [4.78, 5) is 0. The molecular formula is C12H17FN2O3S. The summed E-state index contributed by atoms with van der Waals surface area (Å²) in [7, 11) is -3.61. The quantitative estimate of drug-likeness (QED) is 0.901. The van der Waals surface area contributed by atoms with Crippen LogP contribution >= 0.6 is 0 Å². The van der Waals surface area contributed by atoms with Crippen molar-refractivity contribution in [1.29, 1.82) is 0 Å². The van der Waals surface area contributed by atoms with Crippen molar-refractivity contribution in [3.8, 4) is 0 Å². The summed E-state index contributed by atoms with van der Waals surface area (Å²) in [6.45, 7) is 3.03. The van der Waals surface area contributed by atoms with Crippen LogP contribution in [0.3, 0.4) is 0 Å². The van der Waals surface area contributed by atoms with E-state index in [2.05, 4.69) is 4.72 Å². The predicted molar refractivity (Wildman–Crippen MR) is 69.3 cm³/mol. The first-order valence-corrected chi connectivity index (χ1v) is 7.54. The van der Waals surface area contributed by atoms with Crippen LogP contribution in [0.5, 0.6) is 0 Å². The SMILES string of the molecule is C[C@@H](NS(=O)(=O)N1CCOCC1)c1ccccc1F. The molecule has 1 heterocycles. The maximum Gasteiger partial charge on any atom is 0.280 e. The second-order valence-electron chi connectivity index (χ2n) is 4.38. The third-order valence-corrected chi connectivity index (χ3v) is 4.70. The van der Waals surface area contributed by atoms with E-state index >= 15 is 0 Å². The van der Waals surface area contributed by atoms with Crippen LogP contribution in [0.4, 0.5) is 4.39 Å². The van der Waals surface area contributed by atoms with Crippen LogP contribution in [-0.2, 0) is 14.9 Å². The largest absolute Gasteiger partial charge is 0.379 e. The van der Waals surface area contributed by atoms with Gasteiger partial charge in [-0.1, -0.05) is 18.2 Å². The number of morpholine rings is 1. The van der Waals surface area contributed by atoms with Gasteiger partial charge in [0.2, 0.25) is 0 Å². The zero-order valence-corrected chi connectivity index (χ0v) is 11.5. The number of benzene rings is 1. The van der Waals surface area contributed by atoms with Crippen LogP contribution in [0, 0.1) is 5.82 Å². The first-order chi connectivity index (χ1) is 9.00. The minimum absolute atomic E-state index is 0.319. The number of hydrogen-bond donors (Lipinski definition) is 1. The summed E-state index contributed by atoms with van der Waals surface area (Å²) in [6, 6.07) is 5.52. The van der Waals surface area contributed by atoms with Crippen molar-refractivity contribution in [2.45, 2.75) is 13.0 Å². The maximum absolute atomic E-state index is 13.6. The van der Waals surface area contributed by atoms with Gasteiger partial charge in [0.05, 0.1) is 13.2 Å². The number of hydrogen-bond acceptors (Lipinski definition) is 3. The van der Waals surface area contributed by atoms with Gasteiger partial charge in [-0.25, -0.2) is 4.39 Å². The lowest BCUT2D eigenvalue weighted by molar-refractivity contribution is 0.0723. The van der Waals surface area contributed by atoms with Crippen molar-refractivity contribution in [3.05, 3.63) is 35.6 Å². The Balaban J connectivity index is 2.09. The fraction of sp³-hybridized carbons (Fsp3) is 0.500. The second-order valence-corrected chi connectivity index (χ2v) is 6.08. The van der Waals surface area contributed by atoms with E-state index in [0.717, 1.165) is 0 Å². The molecule has 2 rings (SSSR count). The van der Waals surface area contributed by atoms with Gasteiger partial charge in [-0.05, 0) is 13.0 Å². The normalized spacial score (nSPS) is 19.3. The monoisotopic (exact) mass is 288 g/mol. The molecule has 1 N–H and O–H groups in total. The van der Waals surface area contributed by atoms with E-state index in [1.807, 2.05) is 0 Å². The van der Waals surface area contributed by atoms with Crippen molar-refractivity contribution in [2.75, 3.05) is 26.3 Å². The minimum Gasteiger partial charge on any atom is -0.379 e. The van der Waals surface area contributed by atoms with Crippen molar-refractivity contribution >= 4 is 10.2 Å². The van der Waals surface area contributed by atoms with Crippen LogP contribution < -0.4 is 4.72 Å². The highest BCUT2D eigenvalue weighted by molar-refractivity contribution is 7.87. The van der Waals surface area contributed by atoms with Crippen LogP contribution in [0.25, 0.3) is 0 Å². The van der Waals surface area contributed by atoms with Crippen molar-refractivity contribution in [2.24, 2.45) is 0 Å². The Bertz CT molecular complexity index is 530. The second kappa shape index (κ2) is 5.96. The van der Waals surface area contributed by atoms with Gasteiger partial charge in [-0.2, -0.15) is 17.4 Å². The zero-order chi connectivity index (χ0) is 13.9. The molecule has 0 saturated carbocycles. The van der Waals surface area contributed by atoms with E-state index in [1.54, 1.807) is 25.1 Å². The lowest BCUT2D eigenvalue weighted by Gasteiger charge is -2.27. The summed E-state index contributed by atoms with van der Waals surface area (Å²) in [5.41, 5.74) is 0.333. The van der Waals surface area contributed by atoms with E-state index in [4.69, 9.17) is 4.74 Å². The zero-order valence-electron chi connectivity index (χ0n) is 10.7. The number of halogens is 1. The average Bonchev–Trinajstić information content (AvgIpc) is 2.39. The van der Waals surface area contributed by atoms with Crippen LogP contribution in [0.1, 0.15) is 18.5 Å². The molecule has 1 saturated heterocycles. The molecule has 0 spiro atoms. The number of ether oxygens (including phenoxy) is 1. The summed E-state index contributed by atoms with van der Waals surface area (Å²) < 4.78 is 46.7. The molecule has 19 heavy (non-hydrogen) atoms. The highest BCUT2D eigenvalue weighted by atomic mass is 32.2. The standard InChI is InChI=1S/C12H17FN2O3S/c1-10(11-4-2-3-5-12(11)13)14-19(16,17)15-6-8-18-9-7-15/h2-5,10,14H,6-9H2,1H3/t10-/m1/s1. The Labute approximate surface area is 112 Å². The number of nitrogens with zero attached hydrogens (tertiary/aromatic N) is 1. The van der Waals surface area contributed by atoms with Crippen molar-refractivity contribution in [1.82, 2.24) is 9.03 Å². The first-order valence-electron chi connectivity index (χ1n) is 6.10. The molecule has 5 nitrogen and oxygen atoms in total. The lowest BCUT2D eigenvalue weighted by Crippen LogP contribution is -2.47. The summed E-state index contributed by atoms with van der Waals surface area (Å²) >= 11 is 0. The third kappa shape index (κ3) is 3.50. The van der Waals surface area contributed by atoms with Crippen molar-refractivity contribution in [3.63, 3.8) is 0 Å². The van der Waals surface area contributed by atoms with E-state index in [1.165, 1.54) is 10.4 Å². The first kappa shape index (κ1) is 14.4. The van der Waals surface area contributed by atoms with Gasteiger partial charge in [0, 0.05) is 24.7 Å². The van der Waals surface area contributed by atoms with Gasteiger partial charge in [0.1, 0.15) is 5.82 Å². The van der Waals surface area contributed by atoms with Gasteiger partial charge in [-0.15, -0.1) is 0 Å². The third-order valence-electron chi connectivity index (χ3n) is 3.01. The van der Waals surface area contributed by atoms with Crippen LogP contribution in [-0.4, -0.2) is 39.0 Å². The molecule has 0 unspecified atom stereocenters. The molecule has 0 amide bonds. The minimum atomic E-state index is -3.61. The molecule has 0 aliphatic carbocycles. The highest BCUT2D eigenvalue weighted by Crippen LogP contribution is 2.18.